The summed E-state index contributed by atoms with van der Waals surface area (Å²) >= 11 is 7.21. The fourth-order valence-corrected chi connectivity index (χ4v) is 3.90. The predicted octanol–water partition coefficient (Wildman–Crippen LogP) is 4.29. The van der Waals surface area contributed by atoms with Gasteiger partial charge in [0, 0.05) is 28.9 Å². The number of aldehydes is 1. The van der Waals surface area contributed by atoms with Crippen molar-refractivity contribution in [2.75, 3.05) is 0 Å². The van der Waals surface area contributed by atoms with Crippen molar-refractivity contribution in [3.05, 3.63) is 79.1 Å². The molecule has 0 saturated heterocycles. The molecular weight excluding hydrogens is 384 g/mol. The minimum absolute atomic E-state index is 0.149. The van der Waals surface area contributed by atoms with Gasteiger partial charge in [0.15, 0.2) is 0 Å². The molecule has 4 rings (SSSR count). The van der Waals surface area contributed by atoms with Gasteiger partial charge in [-0.3, -0.25) is 14.2 Å². The first-order valence-electron chi connectivity index (χ1n) is 8.37. The van der Waals surface area contributed by atoms with Crippen molar-refractivity contribution in [2.24, 2.45) is 0 Å². The highest BCUT2D eigenvalue weighted by atomic mass is 35.5. The Morgan fingerprint density at radius 3 is 2.89 bits per heavy atom. The third-order valence-corrected chi connectivity index (χ3v) is 5.51. The highest BCUT2D eigenvalue weighted by Gasteiger charge is 2.14. The van der Waals surface area contributed by atoms with Crippen molar-refractivity contribution >= 4 is 41.0 Å². The molecule has 0 aliphatic heterocycles. The lowest BCUT2D eigenvalue weighted by atomic mass is 9.93. The summed E-state index contributed by atoms with van der Waals surface area (Å²) < 4.78 is 7.26. The van der Waals surface area contributed by atoms with E-state index in [4.69, 9.17) is 16.3 Å². The van der Waals surface area contributed by atoms with Crippen molar-refractivity contribution in [1.82, 2.24) is 9.55 Å². The number of hydrogen-bond donors (Lipinski definition) is 0. The molecule has 0 saturated carbocycles. The average molecular weight is 399 g/mol. The van der Waals surface area contributed by atoms with Crippen LogP contribution in [0.25, 0.3) is 11.8 Å². The number of fused-ring (bicyclic) bond motifs is 1. The number of rotatable bonds is 5. The van der Waals surface area contributed by atoms with E-state index in [0.29, 0.717) is 16.5 Å². The summed E-state index contributed by atoms with van der Waals surface area (Å²) in [6.45, 7) is 0.274. The quantitative estimate of drug-likeness (QED) is 0.601. The molecule has 7 heteroatoms. The second-order valence-electron chi connectivity index (χ2n) is 6.14. The summed E-state index contributed by atoms with van der Waals surface area (Å²) in [5.74, 6) is 0.495. The van der Waals surface area contributed by atoms with Crippen LogP contribution in [0.15, 0.2) is 46.7 Å². The third kappa shape index (κ3) is 3.86. The van der Waals surface area contributed by atoms with E-state index in [9.17, 15) is 9.59 Å². The van der Waals surface area contributed by atoms with Gasteiger partial charge in [-0.05, 0) is 42.2 Å². The number of nitrogens with zero attached hydrogens (tertiary/aromatic N) is 2. The molecule has 0 bridgehead atoms. The summed E-state index contributed by atoms with van der Waals surface area (Å²) in [6, 6.07) is 8.85. The van der Waals surface area contributed by atoms with Crippen LogP contribution in [-0.2, 0) is 13.0 Å². The molecular formula is C20H15ClN2O3S. The number of halogens is 1. The Balaban J connectivity index is 1.54. The topological polar surface area (TPSA) is 61.2 Å². The number of thiazole rings is 1. The fraction of sp³-hybridized carbons (Fsp3) is 0.150. The maximum absolute atomic E-state index is 12.5. The van der Waals surface area contributed by atoms with E-state index in [-0.39, 0.29) is 12.2 Å². The summed E-state index contributed by atoms with van der Waals surface area (Å²) in [5.41, 5.74) is 3.60. The third-order valence-electron chi connectivity index (χ3n) is 4.36. The number of hydrogen-bond acceptors (Lipinski definition) is 5. The van der Waals surface area contributed by atoms with Gasteiger partial charge in [-0.1, -0.05) is 23.7 Å². The van der Waals surface area contributed by atoms with Gasteiger partial charge >= 0.3 is 0 Å². The lowest BCUT2D eigenvalue weighted by Gasteiger charge is -2.18. The molecule has 1 aliphatic carbocycles. The highest BCUT2D eigenvalue weighted by molar-refractivity contribution is 7.10. The molecule has 0 unspecified atom stereocenters. The van der Waals surface area contributed by atoms with Crippen LogP contribution in [0.1, 0.15) is 32.9 Å². The first-order chi connectivity index (χ1) is 13.1. The molecule has 5 nitrogen and oxygen atoms in total. The zero-order chi connectivity index (χ0) is 18.8. The SMILES string of the molecule is O=Cc1ccc2c(c1)CCC(n1ccc(OCc3nc(Cl)cs3)cc1=O)=C2. The molecule has 2 aromatic heterocycles. The zero-order valence-electron chi connectivity index (χ0n) is 14.2. The maximum Gasteiger partial charge on any atom is 0.258 e. The Kier molecular flexibility index (Phi) is 4.92. The number of ether oxygens (including phenoxy) is 1. The summed E-state index contributed by atoms with van der Waals surface area (Å²) in [4.78, 5) is 27.6. The van der Waals surface area contributed by atoms with Crippen molar-refractivity contribution in [3.63, 3.8) is 0 Å². The summed E-state index contributed by atoms with van der Waals surface area (Å²) in [5, 5.41) is 2.94. The lowest BCUT2D eigenvalue weighted by molar-refractivity contribution is 0.112. The Morgan fingerprint density at radius 1 is 1.26 bits per heavy atom. The van der Waals surface area contributed by atoms with E-state index >= 15 is 0 Å². The number of pyridine rings is 1. The molecule has 0 radical (unpaired) electrons. The first-order valence-corrected chi connectivity index (χ1v) is 9.62. The van der Waals surface area contributed by atoms with E-state index in [1.54, 1.807) is 28.3 Å². The number of aromatic nitrogens is 2. The van der Waals surface area contributed by atoms with Crippen LogP contribution in [0.3, 0.4) is 0 Å². The Bertz CT molecular complexity index is 1100. The van der Waals surface area contributed by atoms with Gasteiger partial charge in [0.2, 0.25) is 0 Å². The van der Waals surface area contributed by atoms with Crippen LogP contribution in [0.4, 0.5) is 0 Å². The smallest absolute Gasteiger partial charge is 0.258 e. The van der Waals surface area contributed by atoms with Gasteiger partial charge in [0.25, 0.3) is 5.56 Å². The normalized spacial score (nSPS) is 13.0. The molecule has 1 aliphatic rings. The monoisotopic (exact) mass is 398 g/mol. The predicted molar refractivity (Wildman–Crippen MR) is 106 cm³/mol. The molecule has 0 amide bonds. The van der Waals surface area contributed by atoms with Crippen LogP contribution in [0.2, 0.25) is 5.15 Å². The molecule has 0 spiro atoms. The Labute approximate surface area is 164 Å². The minimum atomic E-state index is -0.149. The van der Waals surface area contributed by atoms with Crippen LogP contribution in [0.5, 0.6) is 5.75 Å². The summed E-state index contributed by atoms with van der Waals surface area (Å²) in [6.07, 6.45) is 6.09. The first kappa shape index (κ1) is 17.7. The van der Waals surface area contributed by atoms with Gasteiger partial charge in [-0.25, -0.2) is 4.98 Å². The fourth-order valence-electron chi connectivity index (χ4n) is 3.05. The molecule has 0 fully saturated rings. The molecule has 3 aromatic rings. The molecule has 1 aromatic carbocycles. The van der Waals surface area contributed by atoms with Gasteiger partial charge < -0.3 is 4.74 Å². The lowest BCUT2D eigenvalue weighted by Crippen LogP contribution is -2.19. The second kappa shape index (κ2) is 7.50. The largest absolute Gasteiger partial charge is 0.486 e. The second-order valence-corrected chi connectivity index (χ2v) is 7.47. The van der Waals surface area contributed by atoms with Gasteiger partial charge in [0.1, 0.15) is 28.8 Å². The maximum atomic E-state index is 12.5. The van der Waals surface area contributed by atoms with E-state index in [1.807, 2.05) is 18.2 Å². The van der Waals surface area contributed by atoms with Gasteiger partial charge in [0.05, 0.1) is 0 Å². The molecule has 136 valence electrons. The standard InChI is InChI=1S/C20H15ClN2O3S/c21-18-12-27-19(22-18)11-26-17-5-6-23(20(25)9-17)16-4-3-14-7-13(10-24)1-2-15(14)8-16/h1-2,5-10,12H,3-4,11H2. The van der Waals surface area contributed by atoms with Crippen LogP contribution < -0.4 is 10.3 Å². The van der Waals surface area contributed by atoms with Crippen LogP contribution in [0, 0.1) is 0 Å². The van der Waals surface area contributed by atoms with Crippen molar-refractivity contribution in [2.45, 2.75) is 19.4 Å². The highest BCUT2D eigenvalue weighted by Crippen LogP contribution is 2.27. The van der Waals surface area contributed by atoms with E-state index in [1.165, 1.54) is 17.4 Å². The van der Waals surface area contributed by atoms with E-state index in [2.05, 4.69) is 4.98 Å². The molecule has 2 heterocycles. The molecule has 27 heavy (non-hydrogen) atoms. The number of carbonyl (C=O) groups excluding carboxylic acids is 1. The van der Waals surface area contributed by atoms with Crippen LogP contribution in [-0.4, -0.2) is 15.8 Å². The number of carbonyl (C=O) groups is 1. The molecule has 0 N–H and O–H groups in total. The average Bonchev–Trinajstić information content (AvgIpc) is 3.11. The van der Waals surface area contributed by atoms with Crippen LogP contribution >= 0.6 is 22.9 Å². The number of allylic oxidation sites excluding steroid dienone is 1. The van der Waals surface area contributed by atoms with Crippen molar-refractivity contribution < 1.29 is 9.53 Å². The molecule has 0 atom stereocenters. The minimum Gasteiger partial charge on any atom is -0.486 e. The zero-order valence-corrected chi connectivity index (χ0v) is 15.8. The van der Waals surface area contributed by atoms with Gasteiger partial charge in [-0.15, -0.1) is 11.3 Å². The Morgan fingerprint density at radius 2 is 2.15 bits per heavy atom. The van der Waals surface area contributed by atoms with Crippen molar-refractivity contribution in [1.29, 1.82) is 0 Å². The Hall–Kier alpha value is -2.70. The number of benzene rings is 1. The van der Waals surface area contributed by atoms with E-state index < -0.39 is 0 Å². The number of aryl methyl sites for hydroxylation is 1. The van der Waals surface area contributed by atoms with Gasteiger partial charge in [-0.2, -0.15) is 0 Å². The van der Waals surface area contributed by atoms with E-state index in [0.717, 1.165) is 41.0 Å². The van der Waals surface area contributed by atoms with Crippen molar-refractivity contribution in [3.8, 4) is 5.75 Å². The summed E-state index contributed by atoms with van der Waals surface area (Å²) in [7, 11) is 0.